The van der Waals surface area contributed by atoms with Crippen LogP contribution in [-0.2, 0) is 11.3 Å². The van der Waals surface area contributed by atoms with Gasteiger partial charge in [-0.2, -0.15) is 0 Å². The molecule has 0 atom stereocenters. The summed E-state index contributed by atoms with van der Waals surface area (Å²) in [7, 11) is 0. The molecule has 0 aliphatic heterocycles. The second kappa shape index (κ2) is 5.44. The molecule has 4 heteroatoms. The summed E-state index contributed by atoms with van der Waals surface area (Å²) >= 11 is 5.92. The Morgan fingerprint density at radius 3 is 2.56 bits per heavy atom. The predicted octanol–water partition coefficient (Wildman–Crippen LogP) is 3.53. The summed E-state index contributed by atoms with van der Waals surface area (Å²) in [5.41, 5.74) is 0.928. The molecule has 0 saturated heterocycles. The van der Waals surface area contributed by atoms with Crippen molar-refractivity contribution in [3.63, 3.8) is 0 Å². The van der Waals surface area contributed by atoms with Crippen molar-refractivity contribution >= 4 is 23.3 Å². The zero-order valence-electron chi connectivity index (χ0n) is 10.9. The van der Waals surface area contributed by atoms with Gasteiger partial charge in [0.1, 0.15) is 5.76 Å². The topological polar surface area (TPSA) is 49.3 Å². The van der Waals surface area contributed by atoms with Gasteiger partial charge in [-0.15, -0.1) is 0 Å². The number of rotatable bonds is 3. The summed E-state index contributed by atoms with van der Waals surface area (Å²) in [6.45, 7) is 9.40. The molecule has 0 heterocycles. The van der Waals surface area contributed by atoms with Crippen LogP contribution in [0, 0.1) is 5.41 Å². The maximum absolute atomic E-state index is 11.7. The number of halogens is 1. The second-order valence-electron chi connectivity index (χ2n) is 5.19. The van der Waals surface area contributed by atoms with Crippen LogP contribution in [0.15, 0.2) is 24.8 Å². The van der Waals surface area contributed by atoms with Gasteiger partial charge in [0.25, 0.3) is 0 Å². The first-order valence-corrected chi connectivity index (χ1v) is 6.04. The van der Waals surface area contributed by atoms with Crippen molar-refractivity contribution in [1.82, 2.24) is 5.32 Å². The van der Waals surface area contributed by atoms with Crippen LogP contribution in [0.1, 0.15) is 31.9 Å². The van der Waals surface area contributed by atoms with Crippen LogP contribution >= 0.6 is 11.6 Å². The third-order valence-corrected chi connectivity index (χ3v) is 2.81. The largest absolute Gasteiger partial charge is 0.508 e. The molecule has 3 nitrogen and oxygen atoms in total. The SMILES string of the molecule is C=C(O)c1cc(CNC(=O)C(C)(C)C)ccc1Cl. The third kappa shape index (κ3) is 3.77. The molecule has 18 heavy (non-hydrogen) atoms. The number of benzene rings is 1. The van der Waals surface area contributed by atoms with Gasteiger partial charge in [-0.3, -0.25) is 4.79 Å². The molecule has 1 amide bonds. The van der Waals surface area contributed by atoms with E-state index in [4.69, 9.17) is 11.6 Å². The quantitative estimate of drug-likeness (QED) is 0.823. The van der Waals surface area contributed by atoms with E-state index in [1.807, 2.05) is 20.8 Å². The first kappa shape index (κ1) is 14.6. The first-order chi connectivity index (χ1) is 8.21. The van der Waals surface area contributed by atoms with E-state index in [-0.39, 0.29) is 11.7 Å². The van der Waals surface area contributed by atoms with Crippen molar-refractivity contribution in [2.45, 2.75) is 27.3 Å². The van der Waals surface area contributed by atoms with E-state index in [2.05, 4.69) is 11.9 Å². The molecule has 0 spiro atoms. The van der Waals surface area contributed by atoms with Crippen LogP contribution in [0.25, 0.3) is 5.76 Å². The number of aliphatic hydroxyl groups excluding tert-OH is 1. The van der Waals surface area contributed by atoms with Gasteiger partial charge in [0.15, 0.2) is 0 Å². The maximum atomic E-state index is 11.7. The Hall–Kier alpha value is -1.48. The average Bonchev–Trinajstić information content (AvgIpc) is 2.25. The molecule has 0 unspecified atom stereocenters. The van der Waals surface area contributed by atoms with E-state index in [9.17, 15) is 9.90 Å². The smallest absolute Gasteiger partial charge is 0.225 e. The van der Waals surface area contributed by atoms with E-state index in [1.165, 1.54) is 0 Å². The summed E-state index contributed by atoms with van der Waals surface area (Å²) in [5.74, 6) is -0.106. The Kier molecular flexibility index (Phi) is 4.41. The molecule has 0 aliphatic rings. The highest BCUT2D eigenvalue weighted by molar-refractivity contribution is 6.32. The molecule has 98 valence electrons. The van der Waals surface area contributed by atoms with Gasteiger partial charge in [0.05, 0.1) is 5.02 Å². The lowest BCUT2D eigenvalue weighted by atomic mass is 9.95. The van der Waals surface area contributed by atoms with Crippen molar-refractivity contribution < 1.29 is 9.90 Å². The van der Waals surface area contributed by atoms with Crippen LogP contribution in [-0.4, -0.2) is 11.0 Å². The number of amides is 1. The zero-order valence-corrected chi connectivity index (χ0v) is 11.6. The lowest BCUT2D eigenvalue weighted by Crippen LogP contribution is -2.34. The highest BCUT2D eigenvalue weighted by atomic mass is 35.5. The highest BCUT2D eigenvalue weighted by Gasteiger charge is 2.20. The fraction of sp³-hybridized carbons (Fsp3) is 0.357. The minimum atomic E-state index is -0.421. The molecular weight excluding hydrogens is 250 g/mol. The number of aliphatic hydroxyl groups is 1. The Labute approximate surface area is 112 Å². The predicted molar refractivity (Wildman–Crippen MR) is 74.4 cm³/mol. The summed E-state index contributed by atoms with van der Waals surface area (Å²) in [6.07, 6.45) is 0. The number of hydrogen-bond acceptors (Lipinski definition) is 2. The molecule has 0 saturated carbocycles. The molecule has 1 aromatic rings. The van der Waals surface area contributed by atoms with Gasteiger partial charge < -0.3 is 10.4 Å². The fourth-order valence-electron chi connectivity index (χ4n) is 1.35. The van der Waals surface area contributed by atoms with Crippen LogP contribution in [0.4, 0.5) is 0 Å². The molecule has 0 aliphatic carbocycles. The van der Waals surface area contributed by atoms with E-state index >= 15 is 0 Å². The van der Waals surface area contributed by atoms with Crippen molar-refractivity contribution in [2.75, 3.05) is 0 Å². The van der Waals surface area contributed by atoms with Crippen LogP contribution in [0.5, 0.6) is 0 Å². The van der Waals surface area contributed by atoms with Crippen molar-refractivity contribution in [3.05, 3.63) is 40.9 Å². The number of carbonyl (C=O) groups excluding carboxylic acids is 1. The maximum Gasteiger partial charge on any atom is 0.225 e. The van der Waals surface area contributed by atoms with E-state index in [0.717, 1.165) is 5.56 Å². The monoisotopic (exact) mass is 267 g/mol. The number of nitrogens with one attached hydrogen (secondary N) is 1. The molecule has 1 rings (SSSR count). The highest BCUT2D eigenvalue weighted by Crippen LogP contribution is 2.22. The summed E-state index contributed by atoms with van der Waals surface area (Å²) in [4.78, 5) is 11.7. The minimum absolute atomic E-state index is 0.0261. The van der Waals surface area contributed by atoms with Crippen molar-refractivity contribution in [3.8, 4) is 0 Å². The minimum Gasteiger partial charge on any atom is -0.508 e. The Bertz CT molecular complexity index is 475. The van der Waals surface area contributed by atoms with E-state index in [0.29, 0.717) is 17.1 Å². The van der Waals surface area contributed by atoms with Crippen LogP contribution < -0.4 is 5.32 Å². The van der Waals surface area contributed by atoms with Crippen LogP contribution in [0.3, 0.4) is 0 Å². The summed E-state index contributed by atoms with van der Waals surface area (Å²) in [5, 5.41) is 12.6. The lowest BCUT2D eigenvalue weighted by Gasteiger charge is -2.17. The van der Waals surface area contributed by atoms with Crippen molar-refractivity contribution in [2.24, 2.45) is 5.41 Å². The molecular formula is C14H18ClNO2. The Morgan fingerprint density at radius 1 is 1.44 bits per heavy atom. The normalized spacial score (nSPS) is 11.1. The van der Waals surface area contributed by atoms with Gasteiger partial charge in [-0.1, -0.05) is 45.0 Å². The number of hydrogen-bond donors (Lipinski definition) is 2. The van der Waals surface area contributed by atoms with Gasteiger partial charge in [-0.25, -0.2) is 0 Å². The second-order valence-corrected chi connectivity index (χ2v) is 5.60. The van der Waals surface area contributed by atoms with Gasteiger partial charge >= 0.3 is 0 Å². The molecule has 2 N–H and O–H groups in total. The molecule has 0 radical (unpaired) electrons. The third-order valence-electron chi connectivity index (χ3n) is 2.48. The fourth-order valence-corrected chi connectivity index (χ4v) is 1.58. The Balaban J connectivity index is 2.78. The lowest BCUT2D eigenvalue weighted by molar-refractivity contribution is -0.128. The molecule has 0 bridgehead atoms. The van der Waals surface area contributed by atoms with Crippen LogP contribution in [0.2, 0.25) is 5.02 Å². The zero-order chi connectivity index (χ0) is 13.9. The molecule has 1 aromatic carbocycles. The average molecular weight is 268 g/mol. The standard InChI is InChI=1S/C14H18ClNO2/c1-9(17)11-7-10(5-6-12(11)15)8-16-13(18)14(2,3)4/h5-7,17H,1,8H2,2-4H3,(H,16,18). The van der Waals surface area contributed by atoms with Gasteiger partial charge in [-0.05, 0) is 17.7 Å². The first-order valence-electron chi connectivity index (χ1n) is 5.67. The van der Waals surface area contributed by atoms with Gasteiger partial charge in [0.2, 0.25) is 5.91 Å². The van der Waals surface area contributed by atoms with Gasteiger partial charge in [0, 0.05) is 17.5 Å². The van der Waals surface area contributed by atoms with E-state index < -0.39 is 5.41 Å². The number of carbonyl (C=O) groups is 1. The summed E-state index contributed by atoms with van der Waals surface area (Å²) in [6, 6.07) is 5.20. The Morgan fingerprint density at radius 2 is 2.06 bits per heavy atom. The summed E-state index contributed by atoms with van der Waals surface area (Å²) < 4.78 is 0. The van der Waals surface area contributed by atoms with E-state index in [1.54, 1.807) is 18.2 Å². The molecule has 0 aromatic heterocycles. The van der Waals surface area contributed by atoms with Crippen molar-refractivity contribution in [1.29, 1.82) is 0 Å². The molecule has 0 fully saturated rings.